The molecule has 0 aliphatic heterocycles. The van der Waals surface area contributed by atoms with Crippen LogP contribution in [0.2, 0.25) is 0 Å². The second-order valence-electron chi connectivity index (χ2n) is 4.48. The van der Waals surface area contributed by atoms with Crippen LogP contribution in [0.15, 0.2) is 22.8 Å². The minimum absolute atomic E-state index is 0.0466. The molecule has 0 radical (unpaired) electrons. The molecular weight excluding hydrogens is 248 g/mol. The van der Waals surface area contributed by atoms with Crippen molar-refractivity contribution in [2.75, 3.05) is 13.7 Å². The SMILES string of the molecule is COC(=O)C(NCC(=O)NCc1ccco1)C(C)C. The summed E-state index contributed by atoms with van der Waals surface area (Å²) in [5.41, 5.74) is 0. The van der Waals surface area contributed by atoms with E-state index in [0.717, 1.165) is 0 Å². The van der Waals surface area contributed by atoms with E-state index < -0.39 is 6.04 Å². The van der Waals surface area contributed by atoms with Crippen molar-refractivity contribution < 1.29 is 18.7 Å². The summed E-state index contributed by atoms with van der Waals surface area (Å²) in [5.74, 6) is 0.159. The van der Waals surface area contributed by atoms with Crippen molar-refractivity contribution in [2.45, 2.75) is 26.4 Å². The average Bonchev–Trinajstić information content (AvgIpc) is 2.88. The van der Waals surface area contributed by atoms with Crippen molar-refractivity contribution in [3.8, 4) is 0 Å². The van der Waals surface area contributed by atoms with E-state index in [1.807, 2.05) is 13.8 Å². The van der Waals surface area contributed by atoms with E-state index in [4.69, 9.17) is 4.42 Å². The van der Waals surface area contributed by atoms with Gasteiger partial charge in [-0.25, -0.2) is 0 Å². The number of ether oxygens (including phenoxy) is 1. The Bertz CT molecular complexity index is 401. The molecule has 1 rings (SSSR count). The molecule has 1 unspecified atom stereocenters. The van der Waals surface area contributed by atoms with E-state index in [-0.39, 0.29) is 24.3 Å². The zero-order chi connectivity index (χ0) is 14.3. The molecule has 6 nitrogen and oxygen atoms in total. The molecule has 0 saturated heterocycles. The van der Waals surface area contributed by atoms with E-state index in [9.17, 15) is 9.59 Å². The van der Waals surface area contributed by atoms with Crippen molar-refractivity contribution in [1.82, 2.24) is 10.6 Å². The molecule has 1 aromatic rings. The third kappa shape index (κ3) is 5.13. The van der Waals surface area contributed by atoms with Gasteiger partial charge in [0.2, 0.25) is 5.91 Å². The van der Waals surface area contributed by atoms with Crippen LogP contribution in [-0.4, -0.2) is 31.6 Å². The minimum atomic E-state index is -0.487. The quantitative estimate of drug-likeness (QED) is 0.711. The van der Waals surface area contributed by atoms with Crippen LogP contribution in [0.1, 0.15) is 19.6 Å². The lowest BCUT2D eigenvalue weighted by Crippen LogP contribution is -2.46. The van der Waals surface area contributed by atoms with Crippen LogP contribution in [0.3, 0.4) is 0 Å². The maximum Gasteiger partial charge on any atom is 0.323 e. The predicted molar refractivity (Wildman–Crippen MR) is 69.2 cm³/mol. The van der Waals surface area contributed by atoms with Crippen molar-refractivity contribution in [3.63, 3.8) is 0 Å². The molecule has 0 fully saturated rings. The van der Waals surface area contributed by atoms with Crippen molar-refractivity contribution in [2.24, 2.45) is 5.92 Å². The zero-order valence-electron chi connectivity index (χ0n) is 11.4. The van der Waals surface area contributed by atoms with Gasteiger partial charge in [0.15, 0.2) is 0 Å². The second-order valence-corrected chi connectivity index (χ2v) is 4.48. The van der Waals surface area contributed by atoms with E-state index >= 15 is 0 Å². The molecule has 0 aromatic carbocycles. The van der Waals surface area contributed by atoms with Crippen molar-refractivity contribution in [1.29, 1.82) is 0 Å². The van der Waals surface area contributed by atoms with Crippen LogP contribution in [0.5, 0.6) is 0 Å². The molecule has 1 heterocycles. The highest BCUT2D eigenvalue weighted by Gasteiger charge is 2.22. The van der Waals surface area contributed by atoms with Gasteiger partial charge in [0.05, 0.1) is 26.5 Å². The fourth-order valence-corrected chi connectivity index (χ4v) is 1.58. The predicted octanol–water partition coefficient (Wildman–Crippen LogP) is 0.683. The molecule has 0 saturated carbocycles. The zero-order valence-corrected chi connectivity index (χ0v) is 11.4. The molecule has 1 atom stereocenters. The summed E-state index contributed by atoms with van der Waals surface area (Å²) in [6.07, 6.45) is 1.55. The standard InChI is InChI=1S/C13H20N2O4/c1-9(2)12(13(17)18-3)15-8-11(16)14-7-10-5-4-6-19-10/h4-6,9,12,15H,7-8H2,1-3H3,(H,14,16). The number of methoxy groups -OCH3 is 1. The lowest BCUT2D eigenvalue weighted by Gasteiger charge is -2.19. The number of hydrogen-bond acceptors (Lipinski definition) is 5. The number of carbonyl (C=O) groups excluding carboxylic acids is 2. The summed E-state index contributed by atoms with van der Waals surface area (Å²) in [7, 11) is 1.33. The molecule has 106 valence electrons. The van der Waals surface area contributed by atoms with Crippen LogP contribution in [-0.2, 0) is 20.9 Å². The highest BCUT2D eigenvalue weighted by atomic mass is 16.5. The molecular formula is C13H20N2O4. The molecule has 0 aliphatic rings. The number of nitrogens with one attached hydrogen (secondary N) is 2. The molecule has 19 heavy (non-hydrogen) atoms. The summed E-state index contributed by atoms with van der Waals surface area (Å²) in [6.45, 7) is 4.15. The maximum atomic E-state index is 11.6. The van der Waals surface area contributed by atoms with E-state index in [2.05, 4.69) is 15.4 Å². The summed E-state index contributed by atoms with van der Waals surface area (Å²) < 4.78 is 9.77. The molecule has 1 aromatic heterocycles. The minimum Gasteiger partial charge on any atom is -0.468 e. The first-order valence-corrected chi connectivity index (χ1v) is 6.15. The summed E-state index contributed by atoms with van der Waals surface area (Å²) in [6, 6.07) is 3.05. The van der Waals surface area contributed by atoms with Gasteiger partial charge in [-0.05, 0) is 18.1 Å². The molecule has 0 spiro atoms. The first-order chi connectivity index (χ1) is 9.04. The fraction of sp³-hybridized carbons (Fsp3) is 0.538. The Kier molecular flexibility index (Phi) is 6.08. The Labute approximate surface area is 112 Å². The van der Waals surface area contributed by atoms with Gasteiger partial charge < -0.3 is 14.5 Å². The van der Waals surface area contributed by atoms with Gasteiger partial charge in [0.1, 0.15) is 11.8 Å². The molecule has 6 heteroatoms. The Morgan fingerprint density at radius 3 is 2.68 bits per heavy atom. The summed E-state index contributed by atoms with van der Waals surface area (Å²) >= 11 is 0. The topological polar surface area (TPSA) is 80.6 Å². The van der Waals surface area contributed by atoms with Gasteiger partial charge in [0, 0.05) is 0 Å². The average molecular weight is 268 g/mol. The molecule has 1 amide bonds. The fourth-order valence-electron chi connectivity index (χ4n) is 1.58. The smallest absolute Gasteiger partial charge is 0.323 e. The third-order valence-corrected chi connectivity index (χ3v) is 2.64. The number of carbonyl (C=O) groups is 2. The Hall–Kier alpha value is -1.82. The van der Waals surface area contributed by atoms with Gasteiger partial charge in [-0.3, -0.25) is 14.9 Å². The van der Waals surface area contributed by atoms with Gasteiger partial charge in [-0.15, -0.1) is 0 Å². The van der Waals surface area contributed by atoms with Crippen molar-refractivity contribution >= 4 is 11.9 Å². The first-order valence-electron chi connectivity index (χ1n) is 6.15. The highest BCUT2D eigenvalue weighted by molar-refractivity contribution is 5.80. The summed E-state index contributed by atoms with van der Waals surface area (Å²) in [5, 5.41) is 5.57. The van der Waals surface area contributed by atoms with Crippen LogP contribution < -0.4 is 10.6 Å². The number of furan rings is 1. The van der Waals surface area contributed by atoms with E-state index in [0.29, 0.717) is 12.3 Å². The normalized spacial score (nSPS) is 12.2. The number of amides is 1. The Morgan fingerprint density at radius 2 is 2.16 bits per heavy atom. The van der Waals surface area contributed by atoms with Gasteiger partial charge in [-0.2, -0.15) is 0 Å². The number of hydrogen-bond donors (Lipinski definition) is 2. The lowest BCUT2D eigenvalue weighted by atomic mass is 10.0. The van der Waals surface area contributed by atoms with Crippen LogP contribution in [0.25, 0.3) is 0 Å². The number of esters is 1. The van der Waals surface area contributed by atoms with E-state index in [1.165, 1.54) is 7.11 Å². The van der Waals surface area contributed by atoms with Crippen LogP contribution in [0, 0.1) is 5.92 Å². The lowest BCUT2D eigenvalue weighted by molar-refractivity contribution is -0.144. The van der Waals surface area contributed by atoms with Gasteiger partial charge in [0.25, 0.3) is 0 Å². The largest absolute Gasteiger partial charge is 0.468 e. The van der Waals surface area contributed by atoms with Crippen molar-refractivity contribution in [3.05, 3.63) is 24.2 Å². The first kappa shape index (κ1) is 15.2. The Morgan fingerprint density at radius 1 is 1.42 bits per heavy atom. The van der Waals surface area contributed by atoms with Gasteiger partial charge in [-0.1, -0.05) is 13.8 Å². The van der Waals surface area contributed by atoms with Gasteiger partial charge >= 0.3 is 5.97 Å². The Balaban J connectivity index is 2.33. The molecule has 0 bridgehead atoms. The molecule has 0 aliphatic carbocycles. The third-order valence-electron chi connectivity index (χ3n) is 2.64. The second kappa shape index (κ2) is 7.58. The van der Waals surface area contributed by atoms with Crippen LogP contribution in [0.4, 0.5) is 0 Å². The molecule has 2 N–H and O–H groups in total. The van der Waals surface area contributed by atoms with E-state index in [1.54, 1.807) is 18.4 Å². The number of rotatable bonds is 7. The highest BCUT2D eigenvalue weighted by Crippen LogP contribution is 2.03. The van der Waals surface area contributed by atoms with Crippen LogP contribution >= 0.6 is 0 Å². The summed E-state index contributed by atoms with van der Waals surface area (Å²) in [4.78, 5) is 23.1. The maximum absolute atomic E-state index is 11.6. The monoisotopic (exact) mass is 268 g/mol.